The Labute approximate surface area is 212 Å². The second-order valence-corrected chi connectivity index (χ2v) is 9.98. The average Bonchev–Trinajstić information content (AvgIpc) is 3.18. The maximum absolute atomic E-state index is 12.4. The summed E-state index contributed by atoms with van der Waals surface area (Å²) in [7, 11) is 0. The van der Waals surface area contributed by atoms with Gasteiger partial charge in [-0.25, -0.2) is 0 Å². The van der Waals surface area contributed by atoms with Crippen molar-refractivity contribution in [1.29, 1.82) is 0 Å². The van der Waals surface area contributed by atoms with Crippen LogP contribution in [0.2, 0.25) is 0 Å². The van der Waals surface area contributed by atoms with E-state index in [0.29, 0.717) is 17.8 Å². The first-order chi connectivity index (χ1) is 17.2. The van der Waals surface area contributed by atoms with Crippen LogP contribution in [0.1, 0.15) is 113 Å². The zero-order valence-electron chi connectivity index (χ0n) is 21.7. The summed E-state index contributed by atoms with van der Waals surface area (Å²) in [4.78, 5) is 26.6. The van der Waals surface area contributed by atoms with Gasteiger partial charge in [0.2, 0.25) is 0 Å². The fourth-order valence-electron chi connectivity index (χ4n) is 5.04. The summed E-state index contributed by atoms with van der Waals surface area (Å²) in [5.74, 6) is -0.939. The highest BCUT2D eigenvalue weighted by Crippen LogP contribution is 2.28. The molecule has 35 heavy (non-hydrogen) atoms. The Morgan fingerprint density at radius 2 is 1.23 bits per heavy atom. The van der Waals surface area contributed by atoms with Crippen molar-refractivity contribution in [2.75, 3.05) is 16.8 Å². The van der Waals surface area contributed by atoms with Crippen molar-refractivity contribution in [2.45, 2.75) is 103 Å². The smallest absolute Gasteiger partial charge is 0.296 e. The van der Waals surface area contributed by atoms with E-state index in [0.717, 1.165) is 24.2 Å². The molecule has 3 rings (SSSR count). The molecular formula is C31H44N2O2. The number of nitrogens with one attached hydrogen (secondary N) is 1. The highest BCUT2D eigenvalue weighted by Gasteiger charge is 2.30. The lowest BCUT2D eigenvalue weighted by Crippen LogP contribution is -2.25. The minimum absolute atomic E-state index is 0.417. The van der Waals surface area contributed by atoms with Crippen LogP contribution in [0.15, 0.2) is 48.5 Å². The van der Waals surface area contributed by atoms with E-state index >= 15 is 0 Å². The fourth-order valence-corrected chi connectivity index (χ4v) is 5.04. The number of unbranched alkanes of at least 4 members (excludes halogenated alkanes) is 13. The molecule has 1 aliphatic rings. The van der Waals surface area contributed by atoms with Gasteiger partial charge in [0.15, 0.2) is 0 Å². The number of para-hydroxylation sites is 1. The molecule has 0 atom stereocenters. The van der Waals surface area contributed by atoms with Crippen LogP contribution in [0, 0.1) is 0 Å². The molecule has 0 radical (unpaired) electrons. The number of hydrogen-bond donors (Lipinski definition) is 1. The second-order valence-electron chi connectivity index (χ2n) is 9.98. The number of hydrogen-bond acceptors (Lipinski definition) is 3. The summed E-state index contributed by atoms with van der Waals surface area (Å²) < 4.78 is 0. The molecule has 190 valence electrons. The number of ketones is 1. The Morgan fingerprint density at radius 3 is 1.83 bits per heavy atom. The Balaban J connectivity index is 1.37. The zero-order chi connectivity index (χ0) is 24.7. The van der Waals surface area contributed by atoms with E-state index in [4.69, 9.17) is 0 Å². The molecule has 2 aromatic rings. The molecule has 0 fully saturated rings. The summed E-state index contributed by atoms with van der Waals surface area (Å²) in [5, 5.41) is 2.69. The lowest BCUT2D eigenvalue weighted by atomic mass is 10.0. The van der Waals surface area contributed by atoms with E-state index in [-0.39, 0.29) is 0 Å². The number of fused-ring (bicyclic) bond motifs is 1. The number of carbonyl (C=O) groups is 2. The topological polar surface area (TPSA) is 49.4 Å². The monoisotopic (exact) mass is 476 g/mol. The van der Waals surface area contributed by atoms with Crippen molar-refractivity contribution < 1.29 is 9.59 Å². The molecule has 0 unspecified atom stereocenters. The third kappa shape index (κ3) is 8.83. The summed E-state index contributed by atoms with van der Waals surface area (Å²) >= 11 is 0. The number of amides is 1. The van der Waals surface area contributed by atoms with Crippen molar-refractivity contribution in [2.24, 2.45) is 0 Å². The van der Waals surface area contributed by atoms with E-state index in [1.54, 1.807) is 0 Å². The SMILES string of the molecule is CCCCCCCCCCCCCCCCN(Cc1cccc2c1C(=O)C(=O)N2)c1ccccc1. The first-order valence-corrected chi connectivity index (χ1v) is 14.0. The standard InChI is InChI=1S/C31H44N2O2/c1-2-3-4-5-6-7-8-9-10-11-12-13-14-18-24-33(27-21-16-15-17-22-27)25-26-20-19-23-28-29(26)30(34)31(35)32-28/h15-17,19-23H,2-14,18,24-25H2,1H3,(H,32,34,35). The summed E-state index contributed by atoms with van der Waals surface area (Å²) in [6, 6.07) is 16.1. The number of anilines is 2. The predicted octanol–water partition coefficient (Wildman–Crippen LogP) is 8.31. The van der Waals surface area contributed by atoms with E-state index in [1.807, 2.05) is 24.3 Å². The summed E-state index contributed by atoms with van der Waals surface area (Å²) in [5.41, 5.74) is 3.26. The van der Waals surface area contributed by atoms with Crippen LogP contribution in [0.3, 0.4) is 0 Å². The van der Waals surface area contributed by atoms with E-state index < -0.39 is 11.7 Å². The number of Topliss-reactive ketones (excluding diaryl/α,β-unsaturated/α-hetero) is 1. The Hall–Kier alpha value is -2.62. The molecule has 0 bridgehead atoms. The Morgan fingerprint density at radius 1 is 0.657 bits per heavy atom. The molecule has 0 saturated heterocycles. The molecule has 4 heteroatoms. The molecule has 0 aromatic heterocycles. The van der Waals surface area contributed by atoms with Gasteiger partial charge in [0, 0.05) is 18.8 Å². The summed E-state index contributed by atoms with van der Waals surface area (Å²) in [6.45, 7) is 3.85. The molecule has 0 aliphatic carbocycles. The maximum atomic E-state index is 12.4. The average molecular weight is 477 g/mol. The van der Waals surface area contributed by atoms with Crippen LogP contribution >= 0.6 is 0 Å². The molecule has 4 nitrogen and oxygen atoms in total. The van der Waals surface area contributed by atoms with Crippen LogP contribution < -0.4 is 10.2 Å². The molecule has 1 amide bonds. The van der Waals surface area contributed by atoms with Gasteiger partial charge in [0.25, 0.3) is 11.7 Å². The Bertz CT molecular complexity index is 909. The van der Waals surface area contributed by atoms with Gasteiger partial charge in [-0.3, -0.25) is 9.59 Å². The van der Waals surface area contributed by atoms with Gasteiger partial charge < -0.3 is 10.2 Å². The van der Waals surface area contributed by atoms with Crippen molar-refractivity contribution in [3.05, 3.63) is 59.7 Å². The lowest BCUT2D eigenvalue weighted by Gasteiger charge is -2.26. The van der Waals surface area contributed by atoms with Gasteiger partial charge in [0.05, 0.1) is 11.3 Å². The van der Waals surface area contributed by atoms with Crippen LogP contribution in [0.5, 0.6) is 0 Å². The minimum Gasteiger partial charge on any atom is -0.367 e. The summed E-state index contributed by atoms with van der Waals surface area (Å²) in [6.07, 6.45) is 18.9. The normalized spacial score (nSPS) is 12.6. The van der Waals surface area contributed by atoms with E-state index in [1.165, 1.54) is 83.5 Å². The van der Waals surface area contributed by atoms with Crippen molar-refractivity contribution >= 4 is 23.1 Å². The first-order valence-electron chi connectivity index (χ1n) is 14.0. The van der Waals surface area contributed by atoms with Crippen LogP contribution in [0.4, 0.5) is 11.4 Å². The number of carbonyl (C=O) groups excluding carboxylic acids is 2. The Kier molecular flexibility index (Phi) is 11.9. The van der Waals surface area contributed by atoms with Gasteiger partial charge in [-0.05, 0) is 30.2 Å². The predicted molar refractivity (Wildman–Crippen MR) is 147 cm³/mol. The van der Waals surface area contributed by atoms with E-state index in [9.17, 15) is 9.59 Å². The van der Waals surface area contributed by atoms with Gasteiger partial charge >= 0.3 is 0 Å². The molecule has 0 saturated carbocycles. The van der Waals surface area contributed by atoms with Crippen LogP contribution in [0.25, 0.3) is 0 Å². The van der Waals surface area contributed by atoms with E-state index in [2.05, 4.69) is 41.4 Å². The molecule has 1 heterocycles. The molecule has 1 aliphatic heterocycles. The van der Waals surface area contributed by atoms with Crippen LogP contribution in [-0.2, 0) is 11.3 Å². The van der Waals surface area contributed by atoms with Gasteiger partial charge in [-0.2, -0.15) is 0 Å². The van der Waals surface area contributed by atoms with Crippen molar-refractivity contribution in [3.8, 4) is 0 Å². The quantitative estimate of drug-likeness (QED) is 0.174. The second kappa shape index (κ2) is 15.4. The molecule has 1 N–H and O–H groups in total. The maximum Gasteiger partial charge on any atom is 0.296 e. The van der Waals surface area contributed by atoms with Gasteiger partial charge in [-0.1, -0.05) is 121 Å². The fraction of sp³-hybridized carbons (Fsp3) is 0.548. The van der Waals surface area contributed by atoms with Gasteiger partial charge in [0.1, 0.15) is 0 Å². The highest BCUT2D eigenvalue weighted by atomic mass is 16.2. The molecular weight excluding hydrogens is 432 g/mol. The number of rotatable bonds is 18. The molecule has 0 spiro atoms. The third-order valence-corrected chi connectivity index (χ3v) is 7.10. The molecule has 2 aromatic carbocycles. The zero-order valence-corrected chi connectivity index (χ0v) is 21.7. The number of nitrogens with zero attached hydrogens (tertiary/aromatic N) is 1. The largest absolute Gasteiger partial charge is 0.367 e. The third-order valence-electron chi connectivity index (χ3n) is 7.10. The van der Waals surface area contributed by atoms with Crippen molar-refractivity contribution in [1.82, 2.24) is 0 Å². The van der Waals surface area contributed by atoms with Crippen LogP contribution in [-0.4, -0.2) is 18.2 Å². The minimum atomic E-state index is -0.523. The first kappa shape index (κ1) is 27.0. The lowest BCUT2D eigenvalue weighted by molar-refractivity contribution is -0.112. The highest BCUT2D eigenvalue weighted by molar-refractivity contribution is 6.52. The number of benzene rings is 2. The van der Waals surface area contributed by atoms with Gasteiger partial charge in [-0.15, -0.1) is 0 Å². The van der Waals surface area contributed by atoms with Crippen molar-refractivity contribution in [3.63, 3.8) is 0 Å².